The van der Waals surface area contributed by atoms with Gasteiger partial charge in [-0.05, 0) is 42.7 Å². The van der Waals surface area contributed by atoms with Crippen molar-refractivity contribution in [1.29, 1.82) is 0 Å². The molecule has 0 aliphatic rings. The SMILES string of the molecule is CCC(O)c1cnc(N(C)c2ccccc2)c(C)c1. The minimum atomic E-state index is -0.428. The molecule has 1 unspecified atom stereocenters. The van der Waals surface area contributed by atoms with Crippen molar-refractivity contribution < 1.29 is 5.11 Å². The molecule has 3 nitrogen and oxygen atoms in total. The topological polar surface area (TPSA) is 36.4 Å². The van der Waals surface area contributed by atoms with E-state index in [0.29, 0.717) is 6.42 Å². The Morgan fingerprint density at radius 3 is 2.53 bits per heavy atom. The lowest BCUT2D eigenvalue weighted by molar-refractivity contribution is 0.173. The van der Waals surface area contributed by atoms with E-state index in [0.717, 1.165) is 22.6 Å². The Hall–Kier alpha value is -1.87. The summed E-state index contributed by atoms with van der Waals surface area (Å²) in [6, 6.07) is 12.1. The predicted octanol–water partition coefficient (Wildman–Crippen LogP) is 3.60. The number of benzene rings is 1. The lowest BCUT2D eigenvalue weighted by Gasteiger charge is -2.21. The van der Waals surface area contributed by atoms with E-state index in [1.807, 2.05) is 45.2 Å². The van der Waals surface area contributed by atoms with Crippen molar-refractivity contribution in [3.8, 4) is 0 Å². The van der Waals surface area contributed by atoms with Crippen LogP contribution in [-0.4, -0.2) is 17.1 Å². The monoisotopic (exact) mass is 256 g/mol. The zero-order valence-electron chi connectivity index (χ0n) is 11.7. The highest BCUT2D eigenvalue weighted by Gasteiger charge is 2.11. The fourth-order valence-corrected chi connectivity index (χ4v) is 2.13. The summed E-state index contributed by atoms with van der Waals surface area (Å²) in [5.41, 5.74) is 3.04. The number of hydrogen-bond donors (Lipinski definition) is 1. The molecule has 0 fully saturated rings. The third kappa shape index (κ3) is 2.93. The molecule has 1 heterocycles. The largest absolute Gasteiger partial charge is 0.388 e. The second-order valence-corrected chi connectivity index (χ2v) is 4.73. The summed E-state index contributed by atoms with van der Waals surface area (Å²) >= 11 is 0. The first-order valence-corrected chi connectivity index (χ1v) is 6.57. The number of nitrogens with zero attached hydrogens (tertiary/aromatic N) is 2. The summed E-state index contributed by atoms with van der Waals surface area (Å²) in [5.74, 6) is 0.915. The molecule has 1 atom stereocenters. The number of aliphatic hydroxyl groups is 1. The summed E-state index contributed by atoms with van der Waals surface area (Å²) in [4.78, 5) is 6.54. The molecule has 19 heavy (non-hydrogen) atoms. The van der Waals surface area contributed by atoms with E-state index in [9.17, 15) is 5.11 Å². The van der Waals surface area contributed by atoms with Gasteiger partial charge in [0.25, 0.3) is 0 Å². The van der Waals surface area contributed by atoms with Crippen LogP contribution in [-0.2, 0) is 0 Å². The molecule has 1 aromatic carbocycles. The Labute approximate surface area is 114 Å². The highest BCUT2D eigenvalue weighted by atomic mass is 16.3. The highest BCUT2D eigenvalue weighted by molar-refractivity contribution is 5.61. The average molecular weight is 256 g/mol. The van der Waals surface area contributed by atoms with Gasteiger partial charge in [-0.15, -0.1) is 0 Å². The smallest absolute Gasteiger partial charge is 0.135 e. The van der Waals surface area contributed by atoms with Gasteiger partial charge in [0.15, 0.2) is 0 Å². The van der Waals surface area contributed by atoms with E-state index in [2.05, 4.69) is 22.0 Å². The Morgan fingerprint density at radius 2 is 1.95 bits per heavy atom. The zero-order valence-corrected chi connectivity index (χ0v) is 11.7. The molecule has 1 N–H and O–H groups in total. The molecular weight excluding hydrogens is 236 g/mol. The van der Waals surface area contributed by atoms with Gasteiger partial charge in [0.05, 0.1) is 6.10 Å². The molecule has 100 valence electrons. The van der Waals surface area contributed by atoms with E-state index in [-0.39, 0.29) is 0 Å². The third-order valence-electron chi connectivity index (χ3n) is 3.30. The van der Waals surface area contributed by atoms with Crippen molar-refractivity contribution in [2.24, 2.45) is 0 Å². The molecule has 0 saturated heterocycles. The van der Waals surface area contributed by atoms with Crippen molar-refractivity contribution in [2.75, 3.05) is 11.9 Å². The summed E-state index contributed by atoms with van der Waals surface area (Å²) in [7, 11) is 2.00. The van der Waals surface area contributed by atoms with Gasteiger partial charge < -0.3 is 10.0 Å². The van der Waals surface area contributed by atoms with Crippen LogP contribution in [0.4, 0.5) is 11.5 Å². The number of para-hydroxylation sites is 1. The van der Waals surface area contributed by atoms with Gasteiger partial charge in [0, 0.05) is 18.9 Å². The first-order valence-electron chi connectivity index (χ1n) is 6.57. The zero-order chi connectivity index (χ0) is 13.8. The minimum absolute atomic E-state index is 0.428. The number of rotatable bonds is 4. The summed E-state index contributed by atoms with van der Waals surface area (Å²) in [6.45, 7) is 3.98. The number of pyridine rings is 1. The quantitative estimate of drug-likeness (QED) is 0.908. The molecule has 2 aromatic rings. The minimum Gasteiger partial charge on any atom is -0.388 e. The molecule has 2 rings (SSSR count). The standard InChI is InChI=1S/C16H20N2O/c1-4-15(19)13-10-12(2)16(17-11-13)18(3)14-8-6-5-7-9-14/h5-11,15,19H,4H2,1-3H3. The van der Waals surface area contributed by atoms with Crippen molar-refractivity contribution in [1.82, 2.24) is 4.98 Å². The Balaban J connectivity index is 2.31. The lowest BCUT2D eigenvalue weighted by atomic mass is 10.1. The van der Waals surface area contributed by atoms with Crippen molar-refractivity contribution in [2.45, 2.75) is 26.4 Å². The van der Waals surface area contributed by atoms with Gasteiger partial charge in [-0.2, -0.15) is 0 Å². The summed E-state index contributed by atoms with van der Waals surface area (Å²) in [6.07, 6.45) is 2.03. The van der Waals surface area contributed by atoms with Crippen molar-refractivity contribution in [3.63, 3.8) is 0 Å². The summed E-state index contributed by atoms with van der Waals surface area (Å²) < 4.78 is 0. The first kappa shape index (κ1) is 13.6. The highest BCUT2D eigenvalue weighted by Crippen LogP contribution is 2.26. The van der Waals surface area contributed by atoms with Crippen LogP contribution in [0.2, 0.25) is 0 Å². The van der Waals surface area contributed by atoms with Crippen LogP contribution in [0, 0.1) is 6.92 Å². The van der Waals surface area contributed by atoms with Crippen LogP contribution < -0.4 is 4.90 Å². The Bertz CT molecular complexity index is 540. The van der Waals surface area contributed by atoms with E-state index in [1.54, 1.807) is 6.20 Å². The molecule has 0 saturated carbocycles. The fourth-order valence-electron chi connectivity index (χ4n) is 2.13. The average Bonchev–Trinajstić information content (AvgIpc) is 2.46. The van der Waals surface area contributed by atoms with Gasteiger partial charge >= 0.3 is 0 Å². The van der Waals surface area contributed by atoms with E-state index in [1.165, 1.54) is 0 Å². The van der Waals surface area contributed by atoms with Gasteiger partial charge in [-0.3, -0.25) is 0 Å². The Kier molecular flexibility index (Phi) is 4.17. The maximum Gasteiger partial charge on any atom is 0.135 e. The number of aliphatic hydroxyl groups excluding tert-OH is 1. The van der Waals surface area contributed by atoms with Gasteiger partial charge in [0.2, 0.25) is 0 Å². The maximum atomic E-state index is 9.85. The maximum absolute atomic E-state index is 9.85. The molecule has 0 spiro atoms. The molecule has 0 aliphatic carbocycles. The van der Waals surface area contributed by atoms with Crippen molar-refractivity contribution in [3.05, 3.63) is 53.7 Å². The first-order chi connectivity index (χ1) is 9.13. The third-order valence-corrected chi connectivity index (χ3v) is 3.30. The second kappa shape index (κ2) is 5.85. The van der Waals surface area contributed by atoms with Gasteiger partial charge in [-0.1, -0.05) is 25.1 Å². The van der Waals surface area contributed by atoms with E-state index < -0.39 is 6.10 Å². The number of aryl methyl sites for hydroxylation is 1. The van der Waals surface area contributed by atoms with Crippen LogP contribution in [0.3, 0.4) is 0 Å². The lowest BCUT2D eigenvalue weighted by Crippen LogP contribution is -2.13. The van der Waals surface area contributed by atoms with Crippen LogP contribution in [0.15, 0.2) is 42.6 Å². The normalized spacial score (nSPS) is 12.2. The molecule has 3 heteroatoms. The molecule has 0 aliphatic heterocycles. The van der Waals surface area contributed by atoms with Crippen LogP contribution in [0.5, 0.6) is 0 Å². The Morgan fingerprint density at radius 1 is 1.26 bits per heavy atom. The van der Waals surface area contributed by atoms with E-state index >= 15 is 0 Å². The molecule has 0 radical (unpaired) electrons. The molecule has 0 amide bonds. The molecular formula is C16H20N2O. The number of aromatic nitrogens is 1. The molecule has 1 aromatic heterocycles. The van der Waals surface area contributed by atoms with Crippen molar-refractivity contribution >= 4 is 11.5 Å². The summed E-state index contributed by atoms with van der Waals surface area (Å²) in [5, 5.41) is 9.85. The van der Waals surface area contributed by atoms with E-state index in [4.69, 9.17) is 0 Å². The predicted molar refractivity (Wildman–Crippen MR) is 78.7 cm³/mol. The van der Waals surface area contributed by atoms with Crippen LogP contribution >= 0.6 is 0 Å². The van der Waals surface area contributed by atoms with Gasteiger partial charge in [0.1, 0.15) is 5.82 Å². The van der Waals surface area contributed by atoms with Gasteiger partial charge in [-0.25, -0.2) is 4.98 Å². The second-order valence-electron chi connectivity index (χ2n) is 4.73. The number of hydrogen-bond acceptors (Lipinski definition) is 3. The molecule has 0 bridgehead atoms. The van der Waals surface area contributed by atoms with Crippen LogP contribution in [0.25, 0.3) is 0 Å². The number of anilines is 2. The van der Waals surface area contributed by atoms with Crippen LogP contribution in [0.1, 0.15) is 30.6 Å². The fraction of sp³-hybridized carbons (Fsp3) is 0.312.